The lowest BCUT2D eigenvalue weighted by molar-refractivity contribution is 0.210. The predicted octanol–water partition coefficient (Wildman–Crippen LogP) is 5.26. The molecule has 4 rings (SSSR count). The molecule has 6 heteroatoms. The molecule has 0 amide bonds. The second-order valence-corrected chi connectivity index (χ2v) is 7.80. The van der Waals surface area contributed by atoms with Gasteiger partial charge in [0.25, 0.3) is 6.01 Å². The maximum atomic E-state index is 6.02. The molecule has 28 heavy (non-hydrogen) atoms. The van der Waals surface area contributed by atoms with Gasteiger partial charge in [-0.15, -0.1) is 0 Å². The van der Waals surface area contributed by atoms with E-state index in [-0.39, 0.29) is 0 Å². The van der Waals surface area contributed by atoms with Gasteiger partial charge in [-0.2, -0.15) is 4.98 Å². The van der Waals surface area contributed by atoms with E-state index >= 15 is 0 Å². The van der Waals surface area contributed by atoms with Crippen LogP contribution in [0.2, 0.25) is 5.02 Å². The van der Waals surface area contributed by atoms with E-state index in [1.54, 1.807) is 6.07 Å². The van der Waals surface area contributed by atoms with E-state index in [2.05, 4.69) is 40.3 Å². The Labute approximate surface area is 170 Å². The zero-order valence-electron chi connectivity index (χ0n) is 16.4. The number of nitrogens with zero attached hydrogens (tertiary/aromatic N) is 2. The summed E-state index contributed by atoms with van der Waals surface area (Å²) in [6, 6.07) is 13.0. The summed E-state index contributed by atoms with van der Waals surface area (Å²) in [6.45, 7) is 7.85. The third kappa shape index (κ3) is 4.42. The summed E-state index contributed by atoms with van der Waals surface area (Å²) >= 11 is 6.02. The number of fused-ring (bicyclic) bond motifs is 1. The number of aromatic nitrogens is 1. The van der Waals surface area contributed by atoms with Gasteiger partial charge in [0, 0.05) is 36.8 Å². The molecule has 2 aromatic carbocycles. The van der Waals surface area contributed by atoms with E-state index in [1.807, 2.05) is 19.1 Å². The quantitative estimate of drug-likeness (QED) is 0.612. The van der Waals surface area contributed by atoms with Gasteiger partial charge in [-0.1, -0.05) is 23.7 Å². The highest BCUT2D eigenvalue weighted by Gasteiger charge is 2.21. The van der Waals surface area contributed by atoms with Crippen molar-refractivity contribution in [3.63, 3.8) is 0 Å². The van der Waals surface area contributed by atoms with Crippen molar-refractivity contribution in [2.75, 3.05) is 25.0 Å². The molecule has 1 N–H and O–H groups in total. The Morgan fingerprint density at radius 1 is 1.21 bits per heavy atom. The summed E-state index contributed by atoms with van der Waals surface area (Å²) in [7, 11) is 0. The van der Waals surface area contributed by atoms with Crippen molar-refractivity contribution >= 4 is 28.7 Å². The van der Waals surface area contributed by atoms with Gasteiger partial charge in [-0.25, -0.2) is 0 Å². The Hall–Kier alpha value is -2.24. The molecule has 0 unspecified atom stereocenters. The number of hydrogen-bond donors (Lipinski definition) is 1. The lowest BCUT2D eigenvalue weighted by Crippen LogP contribution is -2.38. The summed E-state index contributed by atoms with van der Waals surface area (Å²) in [5.41, 5.74) is 4.04. The Morgan fingerprint density at radius 3 is 2.82 bits per heavy atom. The van der Waals surface area contributed by atoms with Gasteiger partial charge in [0.1, 0.15) is 11.3 Å². The second kappa shape index (κ2) is 8.41. The third-order valence-electron chi connectivity index (χ3n) is 5.22. The first-order valence-corrected chi connectivity index (χ1v) is 10.3. The van der Waals surface area contributed by atoms with E-state index in [1.165, 1.54) is 11.1 Å². The molecular formula is C22H26ClN3O2. The minimum Gasteiger partial charge on any atom is -0.494 e. The number of halogens is 1. The first kappa shape index (κ1) is 19.1. The Kier molecular flexibility index (Phi) is 5.74. The van der Waals surface area contributed by atoms with Crippen LogP contribution in [0.5, 0.6) is 5.75 Å². The average molecular weight is 400 g/mol. The maximum absolute atomic E-state index is 6.02. The van der Waals surface area contributed by atoms with Crippen LogP contribution < -0.4 is 10.1 Å². The van der Waals surface area contributed by atoms with Crippen LogP contribution in [0.1, 0.15) is 30.9 Å². The number of anilines is 1. The van der Waals surface area contributed by atoms with E-state index in [0.29, 0.717) is 23.7 Å². The second-order valence-electron chi connectivity index (χ2n) is 7.36. The first-order valence-electron chi connectivity index (χ1n) is 9.88. The zero-order valence-corrected chi connectivity index (χ0v) is 17.1. The fourth-order valence-electron chi connectivity index (χ4n) is 3.68. The summed E-state index contributed by atoms with van der Waals surface area (Å²) in [6.07, 6.45) is 2.12. The monoisotopic (exact) mass is 399 g/mol. The lowest BCUT2D eigenvalue weighted by Gasteiger charge is -2.32. The molecule has 3 aromatic rings. The van der Waals surface area contributed by atoms with Gasteiger partial charge in [0.2, 0.25) is 0 Å². The molecule has 148 valence electrons. The van der Waals surface area contributed by atoms with Crippen LogP contribution >= 0.6 is 11.6 Å². The highest BCUT2D eigenvalue weighted by molar-refractivity contribution is 6.31. The van der Waals surface area contributed by atoms with Crippen LogP contribution in [0.4, 0.5) is 6.01 Å². The van der Waals surface area contributed by atoms with Gasteiger partial charge < -0.3 is 14.5 Å². The molecule has 0 bridgehead atoms. The first-order chi connectivity index (χ1) is 13.6. The van der Waals surface area contributed by atoms with Crippen LogP contribution in [0.25, 0.3) is 11.1 Å². The van der Waals surface area contributed by atoms with Crippen LogP contribution in [-0.4, -0.2) is 35.6 Å². The summed E-state index contributed by atoms with van der Waals surface area (Å²) in [5.74, 6) is 0.993. The molecule has 1 aromatic heterocycles. The van der Waals surface area contributed by atoms with Crippen molar-refractivity contribution in [3.05, 3.63) is 52.5 Å². The molecule has 5 nitrogen and oxygen atoms in total. The number of ether oxygens (including phenoxy) is 1. The van der Waals surface area contributed by atoms with Gasteiger partial charge in [-0.3, -0.25) is 4.90 Å². The number of likely N-dealkylation sites (tertiary alicyclic amines) is 1. The van der Waals surface area contributed by atoms with Crippen molar-refractivity contribution in [1.29, 1.82) is 0 Å². The average Bonchev–Trinajstić information content (AvgIpc) is 3.07. The molecule has 0 saturated carbocycles. The molecule has 2 heterocycles. The third-order valence-corrected chi connectivity index (χ3v) is 5.46. The SMILES string of the molecule is CCOc1cc(CN2CCC(Nc3nc4ccc(Cl)cc4o3)CC2)ccc1C. The molecule has 0 aliphatic carbocycles. The van der Waals surface area contributed by atoms with Crippen molar-refractivity contribution < 1.29 is 9.15 Å². The van der Waals surface area contributed by atoms with E-state index in [4.69, 9.17) is 20.8 Å². The lowest BCUT2D eigenvalue weighted by atomic mass is 10.0. The number of nitrogens with one attached hydrogen (secondary N) is 1. The van der Waals surface area contributed by atoms with Gasteiger partial charge in [0.05, 0.1) is 6.61 Å². The number of oxazole rings is 1. The van der Waals surface area contributed by atoms with Gasteiger partial charge in [0.15, 0.2) is 5.58 Å². The minimum atomic E-state index is 0.372. The Morgan fingerprint density at radius 2 is 2.04 bits per heavy atom. The number of hydrogen-bond acceptors (Lipinski definition) is 5. The molecular weight excluding hydrogens is 374 g/mol. The van der Waals surface area contributed by atoms with Crippen LogP contribution in [0.3, 0.4) is 0 Å². The van der Waals surface area contributed by atoms with Gasteiger partial charge in [-0.05, 0) is 56.0 Å². The molecule has 1 saturated heterocycles. The molecule has 1 aliphatic heterocycles. The predicted molar refractivity (Wildman–Crippen MR) is 113 cm³/mol. The molecule has 1 fully saturated rings. The fraction of sp³-hybridized carbons (Fsp3) is 0.409. The number of rotatable bonds is 6. The van der Waals surface area contributed by atoms with Crippen molar-refractivity contribution in [1.82, 2.24) is 9.88 Å². The summed E-state index contributed by atoms with van der Waals surface area (Å²) in [4.78, 5) is 7.00. The molecule has 0 radical (unpaired) electrons. The Bertz CT molecular complexity index is 948. The van der Waals surface area contributed by atoms with Crippen molar-refractivity contribution in [2.45, 2.75) is 39.3 Å². The standard InChI is InChI=1S/C22H26ClN3O2/c1-3-27-20-12-16(5-4-15(20)2)14-26-10-8-18(9-11-26)24-22-25-19-7-6-17(23)13-21(19)28-22/h4-7,12-13,18H,3,8-11,14H2,1-2H3,(H,24,25). The number of benzene rings is 2. The van der Waals surface area contributed by atoms with Crippen molar-refractivity contribution in [3.8, 4) is 5.75 Å². The zero-order chi connectivity index (χ0) is 19.5. The molecule has 1 aliphatic rings. The minimum absolute atomic E-state index is 0.372. The largest absolute Gasteiger partial charge is 0.494 e. The molecule has 0 spiro atoms. The summed E-state index contributed by atoms with van der Waals surface area (Å²) in [5, 5.41) is 4.10. The molecule has 0 atom stereocenters. The summed E-state index contributed by atoms with van der Waals surface area (Å²) < 4.78 is 11.5. The highest BCUT2D eigenvalue weighted by Crippen LogP contribution is 2.25. The number of piperidine rings is 1. The normalized spacial score (nSPS) is 15.8. The Balaban J connectivity index is 1.32. The highest BCUT2D eigenvalue weighted by atomic mass is 35.5. The van der Waals surface area contributed by atoms with Crippen molar-refractivity contribution in [2.24, 2.45) is 0 Å². The fourth-order valence-corrected chi connectivity index (χ4v) is 3.84. The smallest absolute Gasteiger partial charge is 0.295 e. The van der Waals surface area contributed by atoms with Crippen LogP contribution in [-0.2, 0) is 6.54 Å². The number of aryl methyl sites for hydroxylation is 1. The van der Waals surface area contributed by atoms with Crippen LogP contribution in [0, 0.1) is 6.92 Å². The van der Waals surface area contributed by atoms with E-state index in [0.717, 1.165) is 49.3 Å². The topological polar surface area (TPSA) is 50.5 Å². The van der Waals surface area contributed by atoms with Crippen LogP contribution in [0.15, 0.2) is 40.8 Å². The van der Waals surface area contributed by atoms with E-state index < -0.39 is 0 Å². The van der Waals surface area contributed by atoms with Gasteiger partial charge >= 0.3 is 0 Å². The maximum Gasteiger partial charge on any atom is 0.295 e. The van der Waals surface area contributed by atoms with E-state index in [9.17, 15) is 0 Å².